The van der Waals surface area contributed by atoms with E-state index in [0.29, 0.717) is 25.4 Å². The molecule has 3 aromatic heterocycles. The van der Waals surface area contributed by atoms with Crippen LogP contribution >= 0.6 is 0 Å². The molecule has 2 N–H and O–H groups in total. The third kappa shape index (κ3) is 3.94. The molecule has 1 aliphatic heterocycles. The van der Waals surface area contributed by atoms with Crippen molar-refractivity contribution in [1.29, 1.82) is 0 Å². The highest BCUT2D eigenvalue weighted by Gasteiger charge is 2.28. The molecule has 0 bridgehead atoms. The number of rotatable bonds is 4. The number of morpholine rings is 1. The Hall–Kier alpha value is -3.71. The molecule has 7 heteroatoms. The number of amides is 1. The first-order chi connectivity index (χ1) is 15.6. The summed E-state index contributed by atoms with van der Waals surface area (Å²) in [6, 6.07) is 15.8. The summed E-state index contributed by atoms with van der Waals surface area (Å²) in [7, 11) is 0. The van der Waals surface area contributed by atoms with Gasteiger partial charge >= 0.3 is 0 Å². The van der Waals surface area contributed by atoms with Crippen molar-refractivity contribution in [1.82, 2.24) is 19.9 Å². The van der Waals surface area contributed by atoms with Crippen molar-refractivity contribution < 1.29 is 9.53 Å². The van der Waals surface area contributed by atoms with Crippen molar-refractivity contribution in [2.45, 2.75) is 20.0 Å². The van der Waals surface area contributed by atoms with E-state index in [9.17, 15) is 4.79 Å². The summed E-state index contributed by atoms with van der Waals surface area (Å²) in [5.41, 5.74) is 5.45. The van der Waals surface area contributed by atoms with Crippen LogP contribution in [0.15, 0.2) is 60.9 Å². The third-order valence-electron chi connectivity index (χ3n) is 5.85. The number of aromatic amines is 1. The number of ether oxygens (including phenoxy) is 1. The van der Waals surface area contributed by atoms with Crippen LogP contribution in [0.2, 0.25) is 0 Å². The maximum absolute atomic E-state index is 13.1. The first-order valence-electron chi connectivity index (χ1n) is 10.7. The van der Waals surface area contributed by atoms with E-state index in [1.807, 2.05) is 54.3 Å². The number of benzene rings is 1. The van der Waals surface area contributed by atoms with Gasteiger partial charge in [-0.25, -0.2) is 4.98 Å². The van der Waals surface area contributed by atoms with Gasteiger partial charge in [-0.3, -0.25) is 9.78 Å². The molecule has 0 radical (unpaired) electrons. The number of fused-ring (bicyclic) bond motifs is 1. The summed E-state index contributed by atoms with van der Waals surface area (Å²) in [6.07, 6.45) is 3.27. The zero-order valence-corrected chi connectivity index (χ0v) is 18.1. The van der Waals surface area contributed by atoms with Gasteiger partial charge < -0.3 is 19.9 Å². The van der Waals surface area contributed by atoms with Gasteiger partial charge in [-0.1, -0.05) is 18.2 Å². The zero-order chi connectivity index (χ0) is 22.1. The Morgan fingerprint density at radius 1 is 1.12 bits per heavy atom. The van der Waals surface area contributed by atoms with Gasteiger partial charge in [0, 0.05) is 23.6 Å². The number of carbonyl (C=O) groups is 1. The number of hydrogen-bond acceptors (Lipinski definition) is 5. The number of hydrogen-bond donors (Lipinski definition) is 2. The van der Waals surface area contributed by atoms with E-state index in [4.69, 9.17) is 4.74 Å². The highest BCUT2D eigenvalue weighted by molar-refractivity contribution is 5.98. The molecule has 1 atom stereocenters. The Morgan fingerprint density at radius 3 is 2.78 bits per heavy atom. The molecule has 32 heavy (non-hydrogen) atoms. The van der Waals surface area contributed by atoms with Crippen LogP contribution in [0.5, 0.6) is 0 Å². The molecule has 1 saturated heterocycles. The number of pyridine rings is 2. The molecule has 1 amide bonds. The fourth-order valence-electron chi connectivity index (χ4n) is 4.03. The summed E-state index contributed by atoms with van der Waals surface area (Å²) in [5, 5.41) is 4.36. The van der Waals surface area contributed by atoms with Crippen LogP contribution in [0.4, 0.5) is 11.5 Å². The van der Waals surface area contributed by atoms with Crippen LogP contribution < -0.4 is 5.32 Å². The van der Waals surface area contributed by atoms with E-state index in [-0.39, 0.29) is 12.0 Å². The maximum atomic E-state index is 13.1. The molecule has 1 fully saturated rings. The molecule has 7 nitrogen and oxygen atoms in total. The van der Waals surface area contributed by atoms with Gasteiger partial charge in [0.1, 0.15) is 17.6 Å². The number of nitrogens with zero attached hydrogens (tertiary/aromatic N) is 3. The van der Waals surface area contributed by atoms with E-state index in [0.717, 1.165) is 39.2 Å². The van der Waals surface area contributed by atoms with Gasteiger partial charge in [0.25, 0.3) is 5.91 Å². The Balaban J connectivity index is 1.29. The van der Waals surface area contributed by atoms with E-state index in [1.54, 1.807) is 12.4 Å². The SMILES string of the molecule is Cc1cccnc1Nc1ccc([C@@H]2CN(C(=O)c3cc4c(C)cccc4[nH]3)CCO2)nc1. The Kier molecular flexibility index (Phi) is 5.33. The lowest BCUT2D eigenvalue weighted by atomic mass is 10.1. The van der Waals surface area contributed by atoms with Crippen LogP contribution in [0.25, 0.3) is 10.9 Å². The lowest BCUT2D eigenvalue weighted by molar-refractivity contribution is -0.0248. The monoisotopic (exact) mass is 427 g/mol. The summed E-state index contributed by atoms with van der Waals surface area (Å²) >= 11 is 0. The molecule has 4 heterocycles. The molecular weight excluding hydrogens is 402 g/mol. The molecule has 0 saturated carbocycles. The van der Waals surface area contributed by atoms with Crippen molar-refractivity contribution in [3.05, 3.63) is 83.4 Å². The average molecular weight is 428 g/mol. The van der Waals surface area contributed by atoms with Gasteiger partial charge in [0.2, 0.25) is 0 Å². The number of aryl methyl sites for hydroxylation is 2. The smallest absolute Gasteiger partial charge is 0.270 e. The Morgan fingerprint density at radius 2 is 2.00 bits per heavy atom. The second-order valence-corrected chi connectivity index (χ2v) is 8.10. The number of carbonyl (C=O) groups excluding carboxylic acids is 1. The summed E-state index contributed by atoms with van der Waals surface area (Å²) in [4.78, 5) is 27.2. The fourth-order valence-corrected chi connectivity index (χ4v) is 4.03. The van der Waals surface area contributed by atoms with E-state index < -0.39 is 0 Å². The topological polar surface area (TPSA) is 83.1 Å². The molecule has 1 aromatic carbocycles. The van der Waals surface area contributed by atoms with Crippen LogP contribution in [-0.4, -0.2) is 45.5 Å². The van der Waals surface area contributed by atoms with Crippen LogP contribution in [0, 0.1) is 13.8 Å². The molecule has 162 valence electrons. The van der Waals surface area contributed by atoms with Gasteiger partial charge in [-0.15, -0.1) is 0 Å². The molecule has 0 unspecified atom stereocenters. The van der Waals surface area contributed by atoms with Gasteiger partial charge in [-0.2, -0.15) is 0 Å². The fraction of sp³-hybridized carbons (Fsp3) is 0.240. The summed E-state index contributed by atoms with van der Waals surface area (Å²) in [5.74, 6) is 0.791. The van der Waals surface area contributed by atoms with E-state index >= 15 is 0 Å². The first kappa shape index (κ1) is 20.2. The molecular formula is C25H25N5O2. The average Bonchev–Trinajstić information content (AvgIpc) is 3.26. The van der Waals surface area contributed by atoms with Crippen molar-refractivity contribution >= 4 is 28.3 Å². The van der Waals surface area contributed by atoms with Crippen LogP contribution in [0.1, 0.15) is 33.4 Å². The molecule has 0 aliphatic carbocycles. The Labute approximate surface area is 186 Å². The lowest BCUT2D eigenvalue weighted by Gasteiger charge is -2.32. The number of H-pyrrole nitrogens is 1. The maximum Gasteiger partial charge on any atom is 0.270 e. The van der Waals surface area contributed by atoms with Crippen molar-refractivity contribution in [2.75, 3.05) is 25.0 Å². The third-order valence-corrected chi connectivity index (χ3v) is 5.85. The second kappa shape index (κ2) is 8.43. The summed E-state index contributed by atoms with van der Waals surface area (Å²) in [6.45, 7) is 5.56. The van der Waals surface area contributed by atoms with E-state index in [2.05, 4.69) is 33.3 Å². The van der Waals surface area contributed by atoms with Gasteiger partial charge in [0.15, 0.2) is 0 Å². The highest BCUT2D eigenvalue weighted by atomic mass is 16.5. The van der Waals surface area contributed by atoms with Gasteiger partial charge in [0.05, 0.1) is 30.7 Å². The quantitative estimate of drug-likeness (QED) is 0.500. The van der Waals surface area contributed by atoms with E-state index in [1.165, 1.54) is 0 Å². The highest BCUT2D eigenvalue weighted by Crippen LogP contribution is 2.25. The van der Waals surface area contributed by atoms with Crippen molar-refractivity contribution in [2.24, 2.45) is 0 Å². The molecule has 5 rings (SSSR count). The second-order valence-electron chi connectivity index (χ2n) is 8.10. The standard InChI is InChI=1S/C25H25N5O2/c1-16-5-3-7-20-19(16)13-22(29-20)25(31)30-11-12-32-23(15-30)21-9-8-18(14-27-21)28-24-17(2)6-4-10-26-24/h3-10,13-14,23,29H,11-12,15H2,1-2H3,(H,26,28)/t23-/m0/s1. The predicted molar refractivity (Wildman–Crippen MR) is 124 cm³/mol. The molecule has 4 aromatic rings. The van der Waals surface area contributed by atoms with Crippen LogP contribution in [0.3, 0.4) is 0 Å². The number of anilines is 2. The minimum atomic E-state index is -0.260. The minimum Gasteiger partial charge on any atom is -0.368 e. The largest absolute Gasteiger partial charge is 0.368 e. The van der Waals surface area contributed by atoms with Crippen molar-refractivity contribution in [3.8, 4) is 0 Å². The number of aromatic nitrogens is 3. The number of nitrogens with one attached hydrogen (secondary N) is 2. The summed E-state index contributed by atoms with van der Waals surface area (Å²) < 4.78 is 5.94. The van der Waals surface area contributed by atoms with Gasteiger partial charge in [-0.05, 0) is 55.3 Å². The Bertz CT molecular complexity index is 1270. The first-order valence-corrected chi connectivity index (χ1v) is 10.7. The zero-order valence-electron chi connectivity index (χ0n) is 18.1. The van der Waals surface area contributed by atoms with Crippen LogP contribution in [-0.2, 0) is 4.74 Å². The predicted octanol–water partition coefficient (Wildman–Crippen LogP) is 4.53. The lowest BCUT2D eigenvalue weighted by Crippen LogP contribution is -2.42. The minimum absolute atomic E-state index is 0.0159. The molecule has 1 aliphatic rings. The normalized spacial score (nSPS) is 16.3. The van der Waals surface area contributed by atoms with Crippen molar-refractivity contribution in [3.63, 3.8) is 0 Å². The molecule has 0 spiro atoms.